The lowest BCUT2D eigenvalue weighted by Crippen LogP contribution is -1.92. The van der Waals surface area contributed by atoms with Crippen molar-refractivity contribution in [3.8, 4) is 11.1 Å². The van der Waals surface area contributed by atoms with Crippen molar-refractivity contribution in [2.45, 2.75) is 19.3 Å². The zero-order chi connectivity index (χ0) is 16.3. The summed E-state index contributed by atoms with van der Waals surface area (Å²) in [6, 6.07) is 18.5. The van der Waals surface area contributed by atoms with E-state index in [0.29, 0.717) is 0 Å². The summed E-state index contributed by atoms with van der Waals surface area (Å²) in [5.41, 5.74) is 3.47. The Labute approximate surface area is 138 Å². The Balaban J connectivity index is 0.000000572. The molecule has 0 atom stereocenters. The minimum absolute atomic E-state index is 0.353. The summed E-state index contributed by atoms with van der Waals surface area (Å²) in [6.07, 6.45) is 11.3. The van der Waals surface area contributed by atoms with Crippen LogP contribution in [0.1, 0.15) is 24.8 Å². The van der Waals surface area contributed by atoms with E-state index < -0.39 is 0 Å². The van der Waals surface area contributed by atoms with Gasteiger partial charge < -0.3 is 4.74 Å². The van der Waals surface area contributed by atoms with Crippen LogP contribution in [0.2, 0.25) is 0 Å². The third kappa shape index (κ3) is 6.79. The van der Waals surface area contributed by atoms with E-state index in [-0.39, 0.29) is 5.97 Å². The van der Waals surface area contributed by atoms with Crippen LogP contribution in [0.5, 0.6) is 0 Å². The number of hydrogen-bond donors (Lipinski definition) is 0. The highest BCUT2D eigenvalue weighted by Gasteiger charge is 1.95. The van der Waals surface area contributed by atoms with E-state index in [0.717, 1.165) is 5.56 Å². The second kappa shape index (κ2) is 9.42. The fraction of sp³-hybridized carbons (Fsp3) is 0.190. The number of carbonyl (C=O) groups excluding carboxylic acids is 1. The topological polar surface area (TPSA) is 26.3 Å². The Morgan fingerprint density at radius 1 is 0.870 bits per heavy atom. The minimum atomic E-state index is -0.353. The first-order valence-corrected chi connectivity index (χ1v) is 7.88. The number of ether oxygens (including phenoxy) is 1. The quantitative estimate of drug-likeness (QED) is 0.437. The standard InChI is InChI=1S/C18H16O2.C3H6/c1-20-18(19)10-6-5-7-15-11-13-17(14-12-15)16-8-3-2-4-9-16;1-2-3-1/h2-14H,1H3;1-3H2. The number of methoxy groups -OCH3 is 1. The predicted molar refractivity (Wildman–Crippen MR) is 95.9 cm³/mol. The molecular weight excluding hydrogens is 284 g/mol. The number of carbonyl (C=O) groups is 1. The monoisotopic (exact) mass is 306 g/mol. The third-order valence-electron chi connectivity index (χ3n) is 3.20. The SMILES string of the molecule is C1CC1.COC(=O)C=CC=Cc1ccc(-c2ccccc2)cc1. The maximum Gasteiger partial charge on any atom is 0.330 e. The van der Waals surface area contributed by atoms with Gasteiger partial charge in [0.05, 0.1) is 7.11 Å². The lowest BCUT2D eigenvalue weighted by atomic mass is 10.0. The average Bonchev–Trinajstić information content (AvgIpc) is 3.49. The molecule has 3 rings (SSSR count). The molecule has 0 bridgehead atoms. The van der Waals surface area contributed by atoms with Gasteiger partial charge in [0.2, 0.25) is 0 Å². The molecule has 0 N–H and O–H groups in total. The molecule has 0 unspecified atom stereocenters. The molecular formula is C21H22O2. The van der Waals surface area contributed by atoms with Crippen LogP contribution in [0, 0.1) is 0 Å². The summed E-state index contributed by atoms with van der Waals surface area (Å²) < 4.78 is 4.51. The fourth-order valence-corrected chi connectivity index (χ4v) is 1.79. The van der Waals surface area contributed by atoms with Crippen LogP contribution in [-0.2, 0) is 9.53 Å². The van der Waals surface area contributed by atoms with E-state index in [4.69, 9.17) is 0 Å². The second-order valence-corrected chi connectivity index (χ2v) is 5.29. The smallest absolute Gasteiger partial charge is 0.330 e. The molecule has 2 aromatic carbocycles. The summed E-state index contributed by atoms with van der Waals surface area (Å²) in [4.78, 5) is 10.9. The van der Waals surface area contributed by atoms with Crippen LogP contribution in [-0.4, -0.2) is 13.1 Å². The van der Waals surface area contributed by atoms with E-state index in [9.17, 15) is 4.79 Å². The maximum absolute atomic E-state index is 10.9. The molecule has 1 saturated carbocycles. The Morgan fingerprint density at radius 3 is 2.04 bits per heavy atom. The molecule has 118 valence electrons. The van der Waals surface area contributed by atoms with Gasteiger partial charge in [-0.3, -0.25) is 0 Å². The van der Waals surface area contributed by atoms with Gasteiger partial charge in [0.25, 0.3) is 0 Å². The second-order valence-electron chi connectivity index (χ2n) is 5.29. The number of benzene rings is 2. The van der Waals surface area contributed by atoms with Gasteiger partial charge in [-0.1, -0.05) is 92.1 Å². The van der Waals surface area contributed by atoms with Crippen molar-refractivity contribution in [1.29, 1.82) is 0 Å². The molecule has 23 heavy (non-hydrogen) atoms. The van der Waals surface area contributed by atoms with Crippen molar-refractivity contribution in [3.63, 3.8) is 0 Å². The van der Waals surface area contributed by atoms with Gasteiger partial charge in [-0.2, -0.15) is 0 Å². The van der Waals surface area contributed by atoms with Crippen LogP contribution in [0.3, 0.4) is 0 Å². The minimum Gasteiger partial charge on any atom is -0.466 e. The molecule has 1 aliphatic carbocycles. The van der Waals surface area contributed by atoms with Crippen molar-refractivity contribution < 1.29 is 9.53 Å². The zero-order valence-electron chi connectivity index (χ0n) is 13.4. The fourth-order valence-electron chi connectivity index (χ4n) is 1.79. The van der Waals surface area contributed by atoms with Gasteiger partial charge >= 0.3 is 5.97 Å². The molecule has 2 aromatic rings. The normalized spacial score (nSPS) is 12.7. The molecule has 0 amide bonds. The number of hydrogen-bond acceptors (Lipinski definition) is 2. The van der Waals surface area contributed by atoms with Crippen molar-refractivity contribution in [3.05, 3.63) is 78.4 Å². The van der Waals surface area contributed by atoms with Crippen LogP contribution in [0.25, 0.3) is 17.2 Å². The Morgan fingerprint density at radius 2 is 1.48 bits per heavy atom. The molecule has 2 heteroatoms. The van der Waals surface area contributed by atoms with Gasteiger partial charge in [0.1, 0.15) is 0 Å². The van der Waals surface area contributed by atoms with Crippen molar-refractivity contribution in [2.75, 3.05) is 7.11 Å². The molecule has 0 aliphatic heterocycles. The Hall–Kier alpha value is -2.61. The summed E-state index contributed by atoms with van der Waals surface area (Å²) in [7, 11) is 1.36. The van der Waals surface area contributed by atoms with Crippen LogP contribution in [0.15, 0.2) is 72.8 Å². The molecule has 2 nitrogen and oxygen atoms in total. The van der Waals surface area contributed by atoms with E-state index in [1.165, 1.54) is 43.6 Å². The number of rotatable bonds is 4. The Bertz CT molecular complexity index is 647. The summed E-state index contributed by atoms with van der Waals surface area (Å²) in [6.45, 7) is 0. The van der Waals surface area contributed by atoms with Gasteiger partial charge in [-0.25, -0.2) is 4.79 Å². The first-order valence-electron chi connectivity index (χ1n) is 7.88. The molecule has 1 aliphatic rings. The van der Waals surface area contributed by atoms with Gasteiger partial charge in [-0.05, 0) is 16.7 Å². The summed E-state index contributed by atoms with van der Waals surface area (Å²) in [5.74, 6) is -0.353. The molecule has 0 spiro atoms. The first kappa shape index (κ1) is 16.8. The summed E-state index contributed by atoms with van der Waals surface area (Å²) in [5, 5.41) is 0. The van der Waals surface area contributed by atoms with E-state index >= 15 is 0 Å². The van der Waals surface area contributed by atoms with Crippen LogP contribution >= 0.6 is 0 Å². The zero-order valence-corrected chi connectivity index (χ0v) is 13.4. The van der Waals surface area contributed by atoms with Crippen molar-refractivity contribution in [1.82, 2.24) is 0 Å². The highest BCUT2D eigenvalue weighted by molar-refractivity contribution is 5.82. The first-order chi connectivity index (χ1) is 11.3. The molecule has 1 fully saturated rings. The highest BCUT2D eigenvalue weighted by atomic mass is 16.5. The lowest BCUT2D eigenvalue weighted by Gasteiger charge is -2.01. The molecule has 0 radical (unpaired) electrons. The van der Waals surface area contributed by atoms with Gasteiger partial charge in [-0.15, -0.1) is 0 Å². The number of allylic oxidation sites excluding steroid dienone is 2. The van der Waals surface area contributed by atoms with Crippen LogP contribution in [0.4, 0.5) is 0 Å². The summed E-state index contributed by atoms with van der Waals surface area (Å²) >= 11 is 0. The predicted octanol–water partition coefficient (Wildman–Crippen LogP) is 5.27. The highest BCUT2D eigenvalue weighted by Crippen LogP contribution is 2.19. The third-order valence-corrected chi connectivity index (χ3v) is 3.20. The van der Waals surface area contributed by atoms with Gasteiger partial charge in [0.15, 0.2) is 0 Å². The number of esters is 1. The Kier molecular flexibility index (Phi) is 6.86. The largest absolute Gasteiger partial charge is 0.466 e. The van der Waals surface area contributed by atoms with Crippen molar-refractivity contribution >= 4 is 12.0 Å². The lowest BCUT2D eigenvalue weighted by molar-refractivity contribution is -0.134. The van der Waals surface area contributed by atoms with E-state index in [2.05, 4.69) is 29.0 Å². The molecule has 0 heterocycles. The van der Waals surface area contributed by atoms with Crippen molar-refractivity contribution in [2.24, 2.45) is 0 Å². The molecule has 0 aromatic heterocycles. The average molecular weight is 306 g/mol. The van der Waals surface area contributed by atoms with E-state index in [1.54, 1.807) is 6.08 Å². The molecule has 0 saturated heterocycles. The van der Waals surface area contributed by atoms with Gasteiger partial charge in [0, 0.05) is 6.08 Å². The maximum atomic E-state index is 10.9. The van der Waals surface area contributed by atoms with E-state index in [1.807, 2.05) is 42.5 Å². The van der Waals surface area contributed by atoms with Crippen LogP contribution < -0.4 is 0 Å².